The standard InChI is InChI=1S/C20H20N2O6/c1-12(23)14-7-9-15(10-8-14)22-20(26)13(2)28-18(24)11-27-17-6-4-3-5-16(17)19(21)25/h3-10,13H,11H2,1-2H3,(H2,21,25)(H,22,26)/t13-/m0/s1. The number of hydrogen-bond acceptors (Lipinski definition) is 6. The molecule has 0 bridgehead atoms. The van der Waals surface area contributed by atoms with Crippen LogP contribution in [0.5, 0.6) is 5.75 Å². The van der Waals surface area contributed by atoms with E-state index in [0.29, 0.717) is 11.3 Å². The predicted molar refractivity (Wildman–Crippen MR) is 101 cm³/mol. The summed E-state index contributed by atoms with van der Waals surface area (Å²) in [5.41, 5.74) is 6.35. The Kier molecular flexibility index (Phi) is 6.86. The summed E-state index contributed by atoms with van der Waals surface area (Å²) in [5, 5.41) is 2.58. The van der Waals surface area contributed by atoms with E-state index in [9.17, 15) is 19.2 Å². The van der Waals surface area contributed by atoms with Crippen LogP contribution in [0.25, 0.3) is 0 Å². The fourth-order valence-corrected chi connectivity index (χ4v) is 2.25. The molecule has 0 aliphatic carbocycles. The Bertz CT molecular complexity index is 892. The Morgan fingerprint density at radius 2 is 1.68 bits per heavy atom. The lowest BCUT2D eigenvalue weighted by atomic mass is 10.1. The number of primary amides is 1. The van der Waals surface area contributed by atoms with Gasteiger partial charge in [0.2, 0.25) is 0 Å². The average Bonchev–Trinajstić information content (AvgIpc) is 2.66. The molecule has 0 spiro atoms. The molecule has 0 saturated carbocycles. The molecule has 8 nitrogen and oxygen atoms in total. The second-order valence-electron chi connectivity index (χ2n) is 5.90. The number of benzene rings is 2. The molecule has 0 unspecified atom stereocenters. The number of amides is 2. The molecule has 0 aromatic heterocycles. The van der Waals surface area contributed by atoms with Gasteiger partial charge in [-0.1, -0.05) is 12.1 Å². The number of ketones is 1. The van der Waals surface area contributed by atoms with E-state index in [1.165, 1.54) is 26.0 Å². The van der Waals surface area contributed by atoms with Crippen LogP contribution in [0.1, 0.15) is 34.6 Å². The Hall–Kier alpha value is -3.68. The molecule has 0 aliphatic heterocycles. The van der Waals surface area contributed by atoms with E-state index >= 15 is 0 Å². The number of ether oxygens (including phenoxy) is 2. The van der Waals surface area contributed by atoms with E-state index in [1.54, 1.807) is 36.4 Å². The van der Waals surface area contributed by atoms with Gasteiger partial charge in [-0.05, 0) is 50.2 Å². The molecular formula is C20H20N2O6. The van der Waals surface area contributed by atoms with E-state index in [1.807, 2.05) is 0 Å². The minimum Gasteiger partial charge on any atom is -0.481 e. The van der Waals surface area contributed by atoms with Gasteiger partial charge in [-0.15, -0.1) is 0 Å². The van der Waals surface area contributed by atoms with Gasteiger partial charge < -0.3 is 20.5 Å². The number of esters is 1. The molecule has 2 aromatic rings. The molecule has 0 heterocycles. The van der Waals surface area contributed by atoms with E-state index in [4.69, 9.17) is 15.2 Å². The second kappa shape index (κ2) is 9.31. The van der Waals surface area contributed by atoms with Crippen LogP contribution in [0.4, 0.5) is 5.69 Å². The molecule has 0 radical (unpaired) electrons. The Labute approximate surface area is 161 Å². The minimum absolute atomic E-state index is 0.0851. The third-order valence-electron chi connectivity index (χ3n) is 3.73. The van der Waals surface area contributed by atoms with Gasteiger partial charge in [0.15, 0.2) is 18.5 Å². The first kappa shape index (κ1) is 20.6. The minimum atomic E-state index is -1.07. The normalized spacial score (nSPS) is 11.2. The zero-order valence-electron chi connectivity index (χ0n) is 15.4. The molecule has 2 aromatic carbocycles. The highest BCUT2D eigenvalue weighted by Crippen LogP contribution is 2.17. The lowest BCUT2D eigenvalue weighted by Crippen LogP contribution is -2.31. The van der Waals surface area contributed by atoms with Crippen molar-refractivity contribution in [2.75, 3.05) is 11.9 Å². The van der Waals surface area contributed by atoms with Gasteiger partial charge in [-0.2, -0.15) is 0 Å². The van der Waals surface area contributed by atoms with E-state index < -0.39 is 30.5 Å². The van der Waals surface area contributed by atoms with Gasteiger partial charge >= 0.3 is 5.97 Å². The summed E-state index contributed by atoms with van der Waals surface area (Å²) in [5.74, 6) is -1.95. The quantitative estimate of drug-likeness (QED) is 0.529. The van der Waals surface area contributed by atoms with Gasteiger partial charge in [0.05, 0.1) is 5.56 Å². The first-order chi connectivity index (χ1) is 13.3. The SMILES string of the molecule is CC(=O)c1ccc(NC(=O)[C@H](C)OC(=O)COc2ccccc2C(N)=O)cc1. The summed E-state index contributed by atoms with van der Waals surface area (Å²) >= 11 is 0. The summed E-state index contributed by atoms with van der Waals surface area (Å²) in [6.45, 7) is 2.36. The number of rotatable bonds is 8. The molecule has 1 atom stereocenters. The molecule has 2 rings (SSSR count). The summed E-state index contributed by atoms with van der Waals surface area (Å²) in [6.07, 6.45) is -1.07. The first-order valence-corrected chi connectivity index (χ1v) is 8.41. The molecule has 3 N–H and O–H groups in total. The average molecular weight is 384 g/mol. The fourth-order valence-electron chi connectivity index (χ4n) is 2.25. The maximum Gasteiger partial charge on any atom is 0.344 e. The molecular weight excluding hydrogens is 364 g/mol. The van der Waals surface area contributed by atoms with Gasteiger partial charge in [0.1, 0.15) is 5.75 Å². The Balaban J connectivity index is 1.87. The van der Waals surface area contributed by atoms with E-state index in [2.05, 4.69) is 5.32 Å². The van der Waals surface area contributed by atoms with Crippen molar-refractivity contribution in [1.82, 2.24) is 0 Å². The van der Waals surface area contributed by atoms with Crippen LogP contribution >= 0.6 is 0 Å². The highest BCUT2D eigenvalue weighted by molar-refractivity contribution is 5.97. The zero-order chi connectivity index (χ0) is 20.7. The van der Waals surface area contributed by atoms with Crippen LogP contribution < -0.4 is 15.8 Å². The molecule has 2 amide bonds. The van der Waals surface area contributed by atoms with Crippen LogP contribution in [-0.4, -0.2) is 36.3 Å². The van der Waals surface area contributed by atoms with E-state index in [-0.39, 0.29) is 17.1 Å². The molecule has 0 fully saturated rings. The van der Waals surface area contributed by atoms with Crippen LogP contribution in [0.15, 0.2) is 48.5 Å². The molecule has 0 saturated heterocycles. The van der Waals surface area contributed by atoms with Gasteiger partial charge in [0, 0.05) is 11.3 Å². The van der Waals surface area contributed by atoms with Crippen molar-refractivity contribution in [3.05, 3.63) is 59.7 Å². The van der Waals surface area contributed by atoms with Crippen molar-refractivity contribution in [2.45, 2.75) is 20.0 Å². The monoisotopic (exact) mass is 384 g/mol. The number of nitrogens with two attached hydrogens (primary N) is 1. The third kappa shape index (κ3) is 5.66. The number of para-hydroxylation sites is 1. The number of Topliss-reactive ketones (excluding diaryl/α,β-unsaturated/α-hetero) is 1. The Morgan fingerprint density at radius 1 is 1.04 bits per heavy atom. The topological polar surface area (TPSA) is 125 Å². The summed E-state index contributed by atoms with van der Waals surface area (Å²) < 4.78 is 10.3. The fraction of sp³-hybridized carbons (Fsp3) is 0.200. The van der Waals surface area contributed by atoms with Crippen LogP contribution in [0.3, 0.4) is 0 Å². The molecule has 28 heavy (non-hydrogen) atoms. The van der Waals surface area contributed by atoms with Crippen molar-refractivity contribution in [2.24, 2.45) is 5.73 Å². The van der Waals surface area contributed by atoms with Gasteiger partial charge in [-0.3, -0.25) is 14.4 Å². The highest BCUT2D eigenvalue weighted by atomic mass is 16.6. The zero-order valence-corrected chi connectivity index (χ0v) is 15.4. The molecule has 146 valence electrons. The first-order valence-electron chi connectivity index (χ1n) is 8.41. The smallest absolute Gasteiger partial charge is 0.344 e. The van der Waals surface area contributed by atoms with Gasteiger partial charge in [0.25, 0.3) is 11.8 Å². The maximum absolute atomic E-state index is 12.1. The maximum atomic E-state index is 12.1. The Morgan fingerprint density at radius 3 is 2.29 bits per heavy atom. The predicted octanol–water partition coefficient (Wildman–Crippen LogP) is 1.94. The van der Waals surface area contributed by atoms with E-state index in [0.717, 1.165) is 0 Å². The van der Waals surface area contributed by atoms with Crippen molar-refractivity contribution in [3.8, 4) is 5.75 Å². The molecule has 0 aliphatic rings. The number of anilines is 1. The lowest BCUT2D eigenvalue weighted by molar-refractivity contribution is -0.155. The largest absolute Gasteiger partial charge is 0.481 e. The number of hydrogen-bond donors (Lipinski definition) is 2. The number of nitrogens with one attached hydrogen (secondary N) is 1. The van der Waals surface area contributed by atoms with Crippen molar-refractivity contribution >= 4 is 29.3 Å². The summed E-state index contributed by atoms with van der Waals surface area (Å²) in [7, 11) is 0. The van der Waals surface area contributed by atoms with Crippen molar-refractivity contribution in [3.63, 3.8) is 0 Å². The summed E-state index contributed by atoms with van der Waals surface area (Å²) in [4.78, 5) is 46.6. The van der Waals surface area contributed by atoms with Gasteiger partial charge in [-0.25, -0.2) is 4.79 Å². The highest BCUT2D eigenvalue weighted by Gasteiger charge is 2.19. The molecule has 8 heteroatoms. The number of carbonyl (C=O) groups excluding carboxylic acids is 4. The van der Waals surface area contributed by atoms with Crippen LogP contribution in [0.2, 0.25) is 0 Å². The van der Waals surface area contributed by atoms with Crippen molar-refractivity contribution in [1.29, 1.82) is 0 Å². The third-order valence-corrected chi connectivity index (χ3v) is 3.73. The number of carbonyl (C=O) groups is 4. The van der Waals surface area contributed by atoms with Crippen molar-refractivity contribution < 1.29 is 28.7 Å². The lowest BCUT2D eigenvalue weighted by Gasteiger charge is -2.14. The second-order valence-corrected chi connectivity index (χ2v) is 5.90. The van der Waals surface area contributed by atoms with Crippen LogP contribution in [0, 0.1) is 0 Å². The van der Waals surface area contributed by atoms with Crippen LogP contribution in [-0.2, 0) is 14.3 Å². The summed E-state index contributed by atoms with van der Waals surface area (Å²) in [6, 6.07) is 12.5.